The SMILES string of the molecule is COC(=O)C1CN(c2nccn3cnnc23)CC1C. The fraction of sp³-hybridized carbons (Fsp3) is 0.500. The van der Waals surface area contributed by atoms with Crippen molar-refractivity contribution in [1.29, 1.82) is 0 Å². The molecule has 3 rings (SSSR count). The maximum Gasteiger partial charge on any atom is 0.310 e. The standard InChI is InChI=1S/C12H15N5O2/c1-8-5-17(6-9(8)12(18)19-2)10-11-15-14-7-16(11)4-3-13-10/h3-4,7-9H,5-6H2,1-2H3. The second kappa shape index (κ2) is 4.49. The minimum Gasteiger partial charge on any atom is -0.469 e. The molecule has 2 aromatic rings. The Hall–Kier alpha value is -2.18. The monoisotopic (exact) mass is 261 g/mol. The fourth-order valence-corrected chi connectivity index (χ4v) is 2.57. The lowest BCUT2D eigenvalue weighted by molar-refractivity contribution is -0.145. The van der Waals surface area contributed by atoms with Crippen LogP contribution in [-0.2, 0) is 9.53 Å². The third kappa shape index (κ3) is 1.91. The number of methoxy groups -OCH3 is 1. The van der Waals surface area contributed by atoms with E-state index in [1.54, 1.807) is 18.7 Å². The Kier molecular flexibility index (Phi) is 2.81. The van der Waals surface area contributed by atoms with Gasteiger partial charge in [0.2, 0.25) is 5.65 Å². The molecule has 7 heteroatoms. The molecule has 0 bridgehead atoms. The lowest BCUT2D eigenvalue weighted by Crippen LogP contribution is -2.25. The van der Waals surface area contributed by atoms with Gasteiger partial charge in [0.15, 0.2) is 5.82 Å². The number of hydrogen-bond acceptors (Lipinski definition) is 6. The first kappa shape index (κ1) is 11.9. The molecule has 0 radical (unpaired) electrons. The lowest BCUT2D eigenvalue weighted by Gasteiger charge is -2.16. The van der Waals surface area contributed by atoms with Crippen LogP contribution in [0.25, 0.3) is 5.65 Å². The Morgan fingerprint density at radius 3 is 3.11 bits per heavy atom. The van der Waals surface area contributed by atoms with E-state index in [0.29, 0.717) is 12.2 Å². The Balaban J connectivity index is 1.92. The third-order valence-corrected chi connectivity index (χ3v) is 3.61. The molecule has 1 aliphatic rings. The zero-order valence-corrected chi connectivity index (χ0v) is 10.9. The van der Waals surface area contributed by atoms with Gasteiger partial charge in [-0.15, -0.1) is 10.2 Å². The summed E-state index contributed by atoms with van der Waals surface area (Å²) < 4.78 is 6.66. The number of rotatable bonds is 2. The van der Waals surface area contributed by atoms with Crippen molar-refractivity contribution in [3.05, 3.63) is 18.7 Å². The van der Waals surface area contributed by atoms with Gasteiger partial charge in [-0.05, 0) is 5.92 Å². The van der Waals surface area contributed by atoms with E-state index in [-0.39, 0.29) is 17.8 Å². The van der Waals surface area contributed by atoms with Crippen molar-refractivity contribution in [2.24, 2.45) is 11.8 Å². The van der Waals surface area contributed by atoms with E-state index in [1.807, 2.05) is 11.3 Å². The topological polar surface area (TPSA) is 72.6 Å². The zero-order chi connectivity index (χ0) is 13.4. The van der Waals surface area contributed by atoms with Crippen LogP contribution >= 0.6 is 0 Å². The van der Waals surface area contributed by atoms with E-state index in [0.717, 1.165) is 12.4 Å². The Labute approximate surface area is 110 Å². The van der Waals surface area contributed by atoms with Crippen molar-refractivity contribution in [3.63, 3.8) is 0 Å². The average molecular weight is 261 g/mol. The number of carbonyl (C=O) groups excluding carboxylic acids is 1. The molecule has 1 fully saturated rings. The molecule has 19 heavy (non-hydrogen) atoms. The van der Waals surface area contributed by atoms with Crippen LogP contribution in [0.15, 0.2) is 18.7 Å². The number of fused-ring (bicyclic) bond motifs is 1. The van der Waals surface area contributed by atoms with Gasteiger partial charge in [-0.3, -0.25) is 9.20 Å². The van der Waals surface area contributed by atoms with Gasteiger partial charge in [0, 0.05) is 25.5 Å². The van der Waals surface area contributed by atoms with Crippen LogP contribution < -0.4 is 4.90 Å². The number of carbonyl (C=O) groups is 1. The number of ether oxygens (including phenoxy) is 1. The first-order valence-electron chi connectivity index (χ1n) is 6.18. The maximum absolute atomic E-state index is 11.7. The smallest absolute Gasteiger partial charge is 0.310 e. The van der Waals surface area contributed by atoms with Gasteiger partial charge in [-0.25, -0.2) is 4.98 Å². The summed E-state index contributed by atoms with van der Waals surface area (Å²) in [6, 6.07) is 0. The number of anilines is 1. The van der Waals surface area contributed by atoms with Crippen LogP contribution in [-0.4, -0.2) is 45.8 Å². The molecule has 0 aliphatic carbocycles. The highest BCUT2D eigenvalue weighted by molar-refractivity contribution is 5.75. The summed E-state index contributed by atoms with van der Waals surface area (Å²) >= 11 is 0. The molecule has 0 saturated carbocycles. The number of nitrogens with zero attached hydrogens (tertiary/aromatic N) is 5. The van der Waals surface area contributed by atoms with E-state index < -0.39 is 0 Å². The van der Waals surface area contributed by atoms with Crippen molar-refractivity contribution in [2.75, 3.05) is 25.1 Å². The molecule has 1 saturated heterocycles. The second-order valence-electron chi connectivity index (χ2n) is 4.82. The lowest BCUT2D eigenvalue weighted by atomic mass is 9.99. The number of hydrogen-bond donors (Lipinski definition) is 0. The van der Waals surface area contributed by atoms with Crippen LogP contribution in [0.5, 0.6) is 0 Å². The van der Waals surface area contributed by atoms with E-state index in [9.17, 15) is 4.79 Å². The van der Waals surface area contributed by atoms with Gasteiger partial charge in [-0.1, -0.05) is 6.92 Å². The first-order chi connectivity index (χ1) is 9.20. The third-order valence-electron chi connectivity index (χ3n) is 3.61. The predicted octanol–water partition coefficient (Wildman–Crippen LogP) is 0.370. The van der Waals surface area contributed by atoms with Crippen LogP contribution in [0.2, 0.25) is 0 Å². The largest absolute Gasteiger partial charge is 0.469 e. The highest BCUT2D eigenvalue weighted by Gasteiger charge is 2.36. The van der Waals surface area contributed by atoms with E-state index in [4.69, 9.17) is 4.74 Å². The van der Waals surface area contributed by atoms with Crippen LogP contribution in [0.1, 0.15) is 6.92 Å². The maximum atomic E-state index is 11.7. The van der Waals surface area contributed by atoms with Crippen molar-refractivity contribution in [2.45, 2.75) is 6.92 Å². The summed E-state index contributed by atoms with van der Waals surface area (Å²) in [6.45, 7) is 3.41. The van der Waals surface area contributed by atoms with Crippen molar-refractivity contribution in [1.82, 2.24) is 19.6 Å². The molecule has 3 heterocycles. The molecule has 0 N–H and O–H groups in total. The molecule has 0 amide bonds. The molecule has 2 unspecified atom stereocenters. The van der Waals surface area contributed by atoms with Crippen molar-refractivity contribution < 1.29 is 9.53 Å². The molecular formula is C12H15N5O2. The van der Waals surface area contributed by atoms with Crippen LogP contribution in [0.3, 0.4) is 0 Å². The van der Waals surface area contributed by atoms with Gasteiger partial charge in [0.25, 0.3) is 0 Å². The zero-order valence-electron chi connectivity index (χ0n) is 10.9. The summed E-state index contributed by atoms with van der Waals surface area (Å²) in [5.74, 6) is 0.717. The van der Waals surface area contributed by atoms with Gasteiger partial charge in [-0.2, -0.15) is 0 Å². The van der Waals surface area contributed by atoms with Gasteiger partial charge < -0.3 is 9.64 Å². The Bertz CT molecular complexity index is 611. The normalized spacial score (nSPS) is 22.9. The summed E-state index contributed by atoms with van der Waals surface area (Å²) in [5.41, 5.74) is 0.709. The first-order valence-corrected chi connectivity index (χ1v) is 6.18. The summed E-state index contributed by atoms with van der Waals surface area (Å²) in [7, 11) is 1.43. The van der Waals surface area contributed by atoms with Gasteiger partial charge in [0.05, 0.1) is 13.0 Å². The van der Waals surface area contributed by atoms with Crippen molar-refractivity contribution >= 4 is 17.4 Å². The average Bonchev–Trinajstić information content (AvgIpc) is 3.03. The molecule has 100 valence electrons. The quantitative estimate of drug-likeness (QED) is 0.727. The highest BCUT2D eigenvalue weighted by Crippen LogP contribution is 2.29. The molecule has 0 spiro atoms. The summed E-state index contributed by atoms with van der Waals surface area (Å²) in [6.07, 6.45) is 5.15. The fourth-order valence-electron chi connectivity index (χ4n) is 2.57. The van der Waals surface area contributed by atoms with Crippen molar-refractivity contribution in [3.8, 4) is 0 Å². The Morgan fingerprint density at radius 2 is 2.32 bits per heavy atom. The molecule has 7 nitrogen and oxygen atoms in total. The highest BCUT2D eigenvalue weighted by atomic mass is 16.5. The van der Waals surface area contributed by atoms with E-state index >= 15 is 0 Å². The summed E-state index contributed by atoms with van der Waals surface area (Å²) in [5, 5.41) is 7.95. The minimum absolute atomic E-state index is 0.116. The minimum atomic E-state index is -0.164. The Morgan fingerprint density at radius 1 is 1.47 bits per heavy atom. The van der Waals surface area contributed by atoms with Crippen LogP contribution in [0.4, 0.5) is 5.82 Å². The summed E-state index contributed by atoms with van der Waals surface area (Å²) in [4.78, 5) is 18.1. The molecule has 2 aromatic heterocycles. The second-order valence-corrected chi connectivity index (χ2v) is 4.82. The number of aromatic nitrogens is 4. The van der Waals surface area contributed by atoms with Crippen LogP contribution in [0, 0.1) is 11.8 Å². The van der Waals surface area contributed by atoms with E-state index in [2.05, 4.69) is 20.1 Å². The van der Waals surface area contributed by atoms with Gasteiger partial charge in [0.1, 0.15) is 6.33 Å². The number of esters is 1. The molecule has 0 aromatic carbocycles. The molecule has 1 aliphatic heterocycles. The predicted molar refractivity (Wildman–Crippen MR) is 67.7 cm³/mol. The molecular weight excluding hydrogens is 246 g/mol. The van der Waals surface area contributed by atoms with E-state index in [1.165, 1.54) is 7.11 Å². The van der Waals surface area contributed by atoms with Gasteiger partial charge >= 0.3 is 5.97 Å². The molecule has 2 atom stereocenters.